The smallest absolute Gasteiger partial charge is 0.240 e. The predicted molar refractivity (Wildman–Crippen MR) is 32.3 cm³/mol. The van der Waals surface area contributed by atoms with Gasteiger partial charge in [-0.15, -0.1) is 11.7 Å². The summed E-state index contributed by atoms with van der Waals surface area (Å²) < 4.78 is 34.1. The van der Waals surface area contributed by atoms with E-state index in [0.717, 1.165) is 10.8 Å². The van der Waals surface area contributed by atoms with Gasteiger partial charge in [0.05, 0.1) is 0 Å². The Balaban J connectivity index is 3.17. The van der Waals surface area contributed by atoms with Gasteiger partial charge in [-0.05, 0) is 0 Å². The number of alkyl halides is 3. The van der Waals surface area contributed by atoms with Crippen LogP contribution in [0, 0.1) is 0 Å². The average Bonchev–Trinajstić information content (AvgIpc) is 1.67. The van der Waals surface area contributed by atoms with Crippen molar-refractivity contribution in [2.45, 2.75) is 12.6 Å². The highest BCUT2D eigenvalue weighted by Crippen LogP contribution is 2.14. The molecule has 50 valence electrons. The van der Waals surface area contributed by atoms with Gasteiger partial charge in [0.25, 0.3) is 6.43 Å². The molecule has 0 aromatic rings. The molecule has 0 aromatic carbocycles. The highest BCUT2D eigenvalue weighted by molar-refractivity contribution is 8.68. The van der Waals surface area contributed by atoms with Crippen LogP contribution in [0.1, 0.15) is 0 Å². The lowest BCUT2D eigenvalue weighted by atomic mass is 10.5. The van der Waals surface area contributed by atoms with Crippen molar-refractivity contribution in [3.63, 3.8) is 0 Å². The van der Waals surface area contributed by atoms with E-state index in [1.807, 2.05) is 0 Å². The molecule has 0 saturated heterocycles. The lowest BCUT2D eigenvalue weighted by Crippen LogP contribution is -2.13. The quantitative estimate of drug-likeness (QED) is 0.490. The van der Waals surface area contributed by atoms with Gasteiger partial charge in [-0.3, -0.25) is 0 Å². The summed E-state index contributed by atoms with van der Waals surface area (Å²) in [5, 5.41) is 0. The Morgan fingerprint density at radius 3 is 2.00 bits per heavy atom. The van der Waals surface area contributed by atoms with Crippen LogP contribution in [0.15, 0.2) is 0 Å². The summed E-state index contributed by atoms with van der Waals surface area (Å²) >= 11 is 3.50. The molecule has 0 aliphatic carbocycles. The first-order valence-corrected chi connectivity index (χ1v) is 3.91. The van der Waals surface area contributed by atoms with Crippen LogP contribution in [0.4, 0.5) is 13.2 Å². The second-order valence-corrected chi connectivity index (χ2v) is 2.51. The summed E-state index contributed by atoms with van der Waals surface area (Å²) in [7, 11) is 0.777. The topological polar surface area (TPSA) is 0 Å². The summed E-state index contributed by atoms with van der Waals surface area (Å²) in [6.45, 7) is 0. The van der Waals surface area contributed by atoms with E-state index in [1.165, 1.54) is 0 Å². The Labute approximate surface area is 54.6 Å². The zero-order chi connectivity index (χ0) is 6.57. The van der Waals surface area contributed by atoms with Crippen LogP contribution in [-0.4, -0.2) is 18.3 Å². The normalized spacial score (nSPS) is 14.6. The molecule has 0 N–H and O–H groups in total. The van der Waals surface area contributed by atoms with Crippen molar-refractivity contribution in [1.29, 1.82) is 0 Å². The second kappa shape index (κ2) is 4.38. The number of hydrogen-bond acceptors (Lipinski definition) is 2. The van der Waals surface area contributed by atoms with Crippen molar-refractivity contribution < 1.29 is 13.2 Å². The van der Waals surface area contributed by atoms with Gasteiger partial charge in [0.15, 0.2) is 6.17 Å². The van der Waals surface area contributed by atoms with Gasteiger partial charge in [0.2, 0.25) is 0 Å². The minimum Gasteiger partial charge on any atom is -0.240 e. The first-order chi connectivity index (χ1) is 3.68. The maximum absolute atomic E-state index is 11.7. The molecule has 0 nitrogen and oxygen atoms in total. The zero-order valence-electron chi connectivity index (χ0n) is 3.85. The number of hydrogen-bond donors (Lipinski definition) is 1. The molecule has 0 radical (unpaired) electrons. The molecule has 0 spiro atoms. The van der Waals surface area contributed by atoms with Crippen LogP contribution < -0.4 is 0 Å². The fraction of sp³-hybridized carbons (Fsp3) is 1.00. The Bertz CT molecular complexity index is 58.5. The van der Waals surface area contributed by atoms with E-state index in [4.69, 9.17) is 0 Å². The van der Waals surface area contributed by atoms with Gasteiger partial charge in [0, 0.05) is 5.75 Å². The molecule has 0 fully saturated rings. The van der Waals surface area contributed by atoms with Gasteiger partial charge in [-0.2, -0.15) is 0 Å². The van der Waals surface area contributed by atoms with Crippen LogP contribution in [0.2, 0.25) is 0 Å². The van der Waals surface area contributed by atoms with Crippen LogP contribution in [-0.2, 0) is 0 Å². The average molecular weight is 162 g/mol. The summed E-state index contributed by atoms with van der Waals surface area (Å²) in [4.78, 5) is 0. The number of halogens is 3. The molecule has 0 rings (SSSR count). The van der Waals surface area contributed by atoms with Crippen LogP contribution in [0.3, 0.4) is 0 Å². The maximum atomic E-state index is 11.7. The largest absolute Gasteiger partial charge is 0.270 e. The van der Waals surface area contributed by atoms with E-state index in [0.29, 0.717) is 0 Å². The molecule has 5 heteroatoms. The molecule has 0 amide bonds. The third kappa shape index (κ3) is 3.49. The van der Waals surface area contributed by atoms with Crippen molar-refractivity contribution >= 4 is 22.5 Å². The van der Waals surface area contributed by atoms with E-state index in [9.17, 15) is 13.2 Å². The molecule has 0 aromatic heterocycles. The number of rotatable bonds is 3. The number of thiol groups is 1. The first-order valence-electron chi connectivity index (χ1n) is 1.87. The molecule has 1 unspecified atom stereocenters. The van der Waals surface area contributed by atoms with Crippen molar-refractivity contribution in [2.75, 3.05) is 5.75 Å². The fourth-order valence-corrected chi connectivity index (χ4v) is 0.859. The molecule has 8 heavy (non-hydrogen) atoms. The van der Waals surface area contributed by atoms with Crippen LogP contribution in [0.25, 0.3) is 0 Å². The Kier molecular flexibility index (Phi) is 4.64. The maximum Gasteiger partial charge on any atom is 0.270 e. The Morgan fingerprint density at radius 2 is 1.88 bits per heavy atom. The highest BCUT2D eigenvalue weighted by atomic mass is 33.1. The van der Waals surface area contributed by atoms with Gasteiger partial charge in [0.1, 0.15) is 0 Å². The van der Waals surface area contributed by atoms with E-state index in [1.54, 1.807) is 0 Å². The third-order valence-corrected chi connectivity index (χ3v) is 1.42. The van der Waals surface area contributed by atoms with Crippen molar-refractivity contribution in [3.05, 3.63) is 0 Å². The highest BCUT2D eigenvalue weighted by Gasteiger charge is 2.17. The lowest BCUT2D eigenvalue weighted by Gasteiger charge is -2.01. The minimum absolute atomic E-state index is 0.249. The van der Waals surface area contributed by atoms with Crippen LogP contribution >= 0.6 is 22.5 Å². The molecule has 0 aliphatic heterocycles. The fourth-order valence-electron chi connectivity index (χ4n) is 0.144. The lowest BCUT2D eigenvalue weighted by molar-refractivity contribution is 0.0629. The Morgan fingerprint density at radius 1 is 1.38 bits per heavy atom. The van der Waals surface area contributed by atoms with E-state index >= 15 is 0 Å². The molecule has 0 bridgehead atoms. The molecule has 0 aliphatic rings. The monoisotopic (exact) mass is 162 g/mol. The SMILES string of the molecule is FC(F)C(F)CSS. The summed E-state index contributed by atoms with van der Waals surface area (Å²) in [5.41, 5.74) is 0. The Hall–Kier alpha value is 0.490. The van der Waals surface area contributed by atoms with Crippen molar-refractivity contribution in [1.82, 2.24) is 0 Å². The van der Waals surface area contributed by atoms with Gasteiger partial charge >= 0.3 is 0 Å². The van der Waals surface area contributed by atoms with E-state index in [2.05, 4.69) is 11.7 Å². The van der Waals surface area contributed by atoms with Gasteiger partial charge in [-0.25, -0.2) is 13.2 Å². The predicted octanol–water partition coefficient (Wildman–Crippen LogP) is 2.17. The minimum atomic E-state index is -2.87. The van der Waals surface area contributed by atoms with Crippen LogP contribution in [0.5, 0.6) is 0 Å². The summed E-state index contributed by atoms with van der Waals surface area (Å²) in [6, 6.07) is 0. The van der Waals surface area contributed by atoms with E-state index < -0.39 is 12.6 Å². The van der Waals surface area contributed by atoms with Gasteiger partial charge in [-0.1, -0.05) is 10.8 Å². The molecular weight excluding hydrogens is 157 g/mol. The summed E-state index contributed by atoms with van der Waals surface area (Å²) in [5.74, 6) is -0.249. The van der Waals surface area contributed by atoms with Crippen molar-refractivity contribution in [2.24, 2.45) is 0 Å². The zero-order valence-corrected chi connectivity index (χ0v) is 5.56. The standard InChI is InChI=1S/C3H5F3S2/c4-2(1-8-7)3(5)6/h2-3,7H,1H2. The first kappa shape index (κ1) is 8.49. The van der Waals surface area contributed by atoms with E-state index in [-0.39, 0.29) is 5.75 Å². The molecule has 1 atom stereocenters. The van der Waals surface area contributed by atoms with Crippen molar-refractivity contribution in [3.8, 4) is 0 Å². The second-order valence-electron chi connectivity index (χ2n) is 1.15. The van der Waals surface area contributed by atoms with Gasteiger partial charge < -0.3 is 0 Å². The third-order valence-electron chi connectivity index (χ3n) is 0.507. The molecular formula is C3H5F3S2. The summed E-state index contributed by atoms with van der Waals surface area (Å²) in [6.07, 6.45) is -4.90. The molecule has 0 heterocycles. The molecule has 0 saturated carbocycles.